The molecule has 6 heteroatoms. The van der Waals surface area contributed by atoms with Crippen molar-refractivity contribution >= 4 is 5.78 Å². The molecule has 20 heavy (non-hydrogen) atoms. The summed E-state index contributed by atoms with van der Waals surface area (Å²) >= 11 is 0. The Labute approximate surface area is 115 Å². The van der Waals surface area contributed by atoms with Crippen LogP contribution in [-0.2, 0) is 0 Å². The normalized spacial score (nSPS) is 11.6. The number of hydrogen-bond donors (Lipinski definition) is 0. The van der Waals surface area contributed by atoms with Gasteiger partial charge in [-0.15, -0.1) is 0 Å². The van der Waals surface area contributed by atoms with Gasteiger partial charge in [0.05, 0.1) is 13.7 Å². The molecular formula is C14H17F3O3. The molecule has 0 bridgehead atoms. The van der Waals surface area contributed by atoms with E-state index in [1.54, 1.807) is 0 Å². The third kappa shape index (κ3) is 4.43. The number of alkyl halides is 3. The fourth-order valence-electron chi connectivity index (χ4n) is 1.50. The number of carbonyl (C=O) groups excluding carboxylic acids is 1. The molecule has 0 atom stereocenters. The lowest BCUT2D eigenvalue weighted by Gasteiger charge is -2.13. The van der Waals surface area contributed by atoms with Crippen molar-refractivity contribution in [1.29, 1.82) is 0 Å². The van der Waals surface area contributed by atoms with Gasteiger partial charge in [0.15, 0.2) is 11.5 Å². The fourth-order valence-corrected chi connectivity index (χ4v) is 1.50. The van der Waals surface area contributed by atoms with Crippen LogP contribution >= 0.6 is 0 Å². The van der Waals surface area contributed by atoms with Gasteiger partial charge in [-0.3, -0.25) is 4.79 Å². The lowest BCUT2D eigenvalue weighted by molar-refractivity contribution is -0.0885. The molecule has 0 saturated carbocycles. The smallest absolute Gasteiger partial charge is 0.454 e. The minimum atomic E-state index is -4.90. The average molecular weight is 290 g/mol. The number of rotatable bonds is 6. The first kappa shape index (κ1) is 16.3. The summed E-state index contributed by atoms with van der Waals surface area (Å²) < 4.78 is 47.6. The van der Waals surface area contributed by atoms with E-state index in [1.165, 1.54) is 13.2 Å². The van der Waals surface area contributed by atoms with Crippen LogP contribution < -0.4 is 9.47 Å². The van der Waals surface area contributed by atoms with Gasteiger partial charge in [0.2, 0.25) is 0 Å². The molecule has 0 heterocycles. The number of ketones is 1. The number of carbonyl (C=O) groups is 1. The maximum Gasteiger partial charge on any atom is 0.454 e. The molecule has 1 rings (SSSR count). The quantitative estimate of drug-likeness (QED) is 0.746. The maximum atomic E-state index is 12.4. The molecule has 0 aliphatic carbocycles. The standard InChI is InChI=1S/C14H17F3O3/c1-9(2)6-7-20-12-8-10(4-5-11(12)19-3)13(18)14(15,16)17/h4-5,8-9H,6-7H2,1-3H3. The van der Waals surface area contributed by atoms with Gasteiger partial charge in [0.25, 0.3) is 5.78 Å². The zero-order valence-electron chi connectivity index (χ0n) is 11.6. The molecule has 0 aromatic heterocycles. The zero-order valence-corrected chi connectivity index (χ0v) is 11.6. The molecule has 0 fully saturated rings. The van der Waals surface area contributed by atoms with Crippen LogP contribution in [0.15, 0.2) is 18.2 Å². The second-order valence-electron chi connectivity index (χ2n) is 4.72. The van der Waals surface area contributed by atoms with Crippen LogP contribution in [0.3, 0.4) is 0 Å². The first-order chi connectivity index (χ1) is 9.25. The third-order valence-corrected chi connectivity index (χ3v) is 2.64. The van der Waals surface area contributed by atoms with E-state index in [-0.39, 0.29) is 5.75 Å². The predicted octanol–water partition coefficient (Wildman–Crippen LogP) is 3.87. The van der Waals surface area contributed by atoms with Crippen LogP contribution in [-0.4, -0.2) is 25.7 Å². The van der Waals surface area contributed by atoms with Crippen molar-refractivity contribution in [3.05, 3.63) is 23.8 Å². The van der Waals surface area contributed by atoms with Crippen LogP contribution in [0.4, 0.5) is 13.2 Å². The Morgan fingerprint density at radius 3 is 2.40 bits per heavy atom. The highest BCUT2D eigenvalue weighted by molar-refractivity contribution is 6.00. The molecule has 0 unspecified atom stereocenters. The molecule has 0 radical (unpaired) electrons. The number of hydrogen-bond acceptors (Lipinski definition) is 3. The van der Waals surface area contributed by atoms with E-state index in [0.29, 0.717) is 18.3 Å². The van der Waals surface area contributed by atoms with Crippen molar-refractivity contribution < 1.29 is 27.4 Å². The van der Waals surface area contributed by atoms with Crippen LogP contribution in [0.5, 0.6) is 11.5 Å². The van der Waals surface area contributed by atoms with Crippen LogP contribution in [0.25, 0.3) is 0 Å². The maximum absolute atomic E-state index is 12.4. The van der Waals surface area contributed by atoms with Gasteiger partial charge in [-0.1, -0.05) is 13.8 Å². The Kier molecular flexibility index (Phi) is 5.42. The highest BCUT2D eigenvalue weighted by Crippen LogP contribution is 2.31. The highest BCUT2D eigenvalue weighted by atomic mass is 19.4. The van der Waals surface area contributed by atoms with Gasteiger partial charge in [0.1, 0.15) is 0 Å². The topological polar surface area (TPSA) is 35.5 Å². The largest absolute Gasteiger partial charge is 0.493 e. The van der Waals surface area contributed by atoms with E-state index in [4.69, 9.17) is 9.47 Å². The van der Waals surface area contributed by atoms with Crippen molar-refractivity contribution in [3.8, 4) is 11.5 Å². The Balaban J connectivity index is 2.94. The lowest BCUT2D eigenvalue weighted by Crippen LogP contribution is -2.22. The monoisotopic (exact) mass is 290 g/mol. The summed E-state index contributed by atoms with van der Waals surface area (Å²) in [6, 6.07) is 3.43. The Bertz CT molecular complexity index is 467. The van der Waals surface area contributed by atoms with Gasteiger partial charge in [-0.2, -0.15) is 13.2 Å². The number of methoxy groups -OCH3 is 1. The molecule has 3 nitrogen and oxygen atoms in total. The van der Waals surface area contributed by atoms with E-state index in [9.17, 15) is 18.0 Å². The lowest BCUT2D eigenvalue weighted by atomic mass is 10.1. The molecule has 0 aliphatic rings. The number of ether oxygens (including phenoxy) is 2. The summed E-state index contributed by atoms with van der Waals surface area (Å²) in [5.74, 6) is -1.05. The molecule has 0 amide bonds. The molecule has 0 saturated heterocycles. The van der Waals surface area contributed by atoms with E-state index in [0.717, 1.165) is 18.6 Å². The Morgan fingerprint density at radius 2 is 1.90 bits per heavy atom. The van der Waals surface area contributed by atoms with Gasteiger partial charge in [-0.05, 0) is 30.5 Å². The minimum absolute atomic E-state index is 0.142. The average Bonchev–Trinajstić information content (AvgIpc) is 2.36. The molecule has 1 aromatic rings. The third-order valence-electron chi connectivity index (χ3n) is 2.64. The second-order valence-corrected chi connectivity index (χ2v) is 4.72. The van der Waals surface area contributed by atoms with Gasteiger partial charge >= 0.3 is 6.18 Å². The molecule has 1 aromatic carbocycles. The molecular weight excluding hydrogens is 273 g/mol. The van der Waals surface area contributed by atoms with Crippen molar-refractivity contribution in [2.75, 3.05) is 13.7 Å². The second kappa shape index (κ2) is 6.63. The van der Waals surface area contributed by atoms with Crippen molar-refractivity contribution in [2.24, 2.45) is 5.92 Å². The van der Waals surface area contributed by atoms with Crippen LogP contribution in [0, 0.1) is 5.92 Å². The van der Waals surface area contributed by atoms with E-state index < -0.39 is 17.5 Å². The summed E-state index contributed by atoms with van der Waals surface area (Å²) in [6.45, 7) is 4.35. The molecule has 112 valence electrons. The van der Waals surface area contributed by atoms with Gasteiger partial charge < -0.3 is 9.47 Å². The highest BCUT2D eigenvalue weighted by Gasteiger charge is 2.39. The zero-order chi connectivity index (χ0) is 15.3. The number of benzene rings is 1. The molecule has 0 N–H and O–H groups in total. The molecule has 0 aliphatic heterocycles. The van der Waals surface area contributed by atoms with E-state index in [2.05, 4.69) is 0 Å². The summed E-state index contributed by atoms with van der Waals surface area (Å²) in [6.07, 6.45) is -4.15. The fraction of sp³-hybridized carbons (Fsp3) is 0.500. The van der Waals surface area contributed by atoms with Crippen LogP contribution in [0.1, 0.15) is 30.6 Å². The van der Waals surface area contributed by atoms with Crippen molar-refractivity contribution in [1.82, 2.24) is 0 Å². The first-order valence-corrected chi connectivity index (χ1v) is 6.18. The van der Waals surface area contributed by atoms with E-state index in [1.807, 2.05) is 13.8 Å². The predicted molar refractivity (Wildman–Crippen MR) is 68.3 cm³/mol. The summed E-state index contributed by atoms with van der Waals surface area (Å²) in [5, 5.41) is 0. The van der Waals surface area contributed by atoms with Gasteiger partial charge in [-0.25, -0.2) is 0 Å². The van der Waals surface area contributed by atoms with Gasteiger partial charge in [0, 0.05) is 5.56 Å². The summed E-state index contributed by atoms with van der Waals surface area (Å²) in [4.78, 5) is 11.2. The summed E-state index contributed by atoms with van der Waals surface area (Å²) in [7, 11) is 1.38. The van der Waals surface area contributed by atoms with Crippen molar-refractivity contribution in [2.45, 2.75) is 26.4 Å². The molecule has 0 spiro atoms. The van der Waals surface area contributed by atoms with Crippen LogP contribution in [0.2, 0.25) is 0 Å². The Morgan fingerprint density at radius 1 is 1.25 bits per heavy atom. The number of halogens is 3. The first-order valence-electron chi connectivity index (χ1n) is 6.18. The minimum Gasteiger partial charge on any atom is -0.493 e. The van der Waals surface area contributed by atoms with Crippen molar-refractivity contribution in [3.63, 3.8) is 0 Å². The van der Waals surface area contributed by atoms with E-state index >= 15 is 0 Å². The summed E-state index contributed by atoms with van der Waals surface area (Å²) in [5.41, 5.74) is -0.460. The number of Topliss-reactive ketones (excluding diaryl/α,β-unsaturated/α-hetero) is 1. The Hall–Kier alpha value is -1.72. The SMILES string of the molecule is COc1ccc(C(=O)C(F)(F)F)cc1OCCC(C)C.